The van der Waals surface area contributed by atoms with Crippen LogP contribution in [0.1, 0.15) is 35.3 Å². The Bertz CT molecular complexity index is 585. The minimum absolute atomic E-state index is 0.0285. The van der Waals surface area contributed by atoms with E-state index >= 15 is 0 Å². The lowest BCUT2D eigenvalue weighted by Crippen LogP contribution is -2.25. The van der Waals surface area contributed by atoms with E-state index in [1.807, 2.05) is 12.1 Å². The highest BCUT2D eigenvalue weighted by molar-refractivity contribution is 7.98. The molecule has 2 N–H and O–H groups in total. The van der Waals surface area contributed by atoms with Gasteiger partial charge in [-0.15, -0.1) is 11.8 Å². The predicted octanol–water partition coefficient (Wildman–Crippen LogP) is 4.85. The van der Waals surface area contributed by atoms with E-state index in [0.29, 0.717) is 0 Å². The minimum Gasteiger partial charge on any atom is -0.326 e. The largest absolute Gasteiger partial charge is 0.326 e. The molecule has 0 aliphatic heterocycles. The highest BCUT2D eigenvalue weighted by Crippen LogP contribution is 2.35. The van der Waals surface area contributed by atoms with Crippen molar-refractivity contribution in [3.8, 4) is 0 Å². The van der Waals surface area contributed by atoms with Gasteiger partial charge >= 0.3 is 0 Å². The second-order valence-corrected chi connectivity index (χ2v) is 6.42. The van der Waals surface area contributed by atoms with Crippen LogP contribution in [0.5, 0.6) is 0 Å². The number of rotatable bonds is 6. The lowest BCUT2D eigenvalue weighted by molar-refractivity contribution is 0.610. The summed E-state index contributed by atoms with van der Waals surface area (Å²) in [7, 11) is 0. The third kappa shape index (κ3) is 4.32. The van der Waals surface area contributed by atoms with Crippen molar-refractivity contribution in [1.29, 1.82) is 0 Å². The first kappa shape index (κ1) is 16.1. The third-order valence-electron chi connectivity index (χ3n) is 3.72. The fourth-order valence-electron chi connectivity index (χ4n) is 2.32. The molecule has 0 radical (unpaired) electrons. The van der Waals surface area contributed by atoms with Gasteiger partial charge in [0, 0.05) is 17.0 Å². The zero-order valence-corrected chi connectivity index (χ0v) is 13.4. The van der Waals surface area contributed by atoms with Crippen molar-refractivity contribution in [1.82, 2.24) is 0 Å². The van der Waals surface area contributed by atoms with E-state index in [-0.39, 0.29) is 17.1 Å². The molecule has 0 bridgehead atoms. The van der Waals surface area contributed by atoms with Gasteiger partial charge in [-0.2, -0.15) is 0 Å². The Morgan fingerprint density at radius 2 is 1.90 bits per heavy atom. The molecule has 0 spiro atoms. The van der Waals surface area contributed by atoms with Crippen LogP contribution in [-0.2, 0) is 5.75 Å². The van der Waals surface area contributed by atoms with Crippen molar-refractivity contribution in [2.75, 3.05) is 0 Å². The Kier molecular flexibility index (Phi) is 5.83. The first-order valence-corrected chi connectivity index (χ1v) is 8.34. The smallest absolute Gasteiger partial charge is 0.123 e. The summed E-state index contributed by atoms with van der Waals surface area (Å²) in [6.07, 6.45) is 0.877. The average molecular weight is 303 g/mol. The molecule has 2 unspecified atom stereocenters. The van der Waals surface area contributed by atoms with E-state index in [9.17, 15) is 4.39 Å². The number of halogens is 1. The zero-order valence-electron chi connectivity index (χ0n) is 12.6. The molecule has 21 heavy (non-hydrogen) atoms. The second kappa shape index (κ2) is 7.62. The minimum atomic E-state index is -0.197. The fourth-order valence-corrected chi connectivity index (χ4v) is 3.78. The molecule has 2 aromatic carbocycles. The van der Waals surface area contributed by atoms with Gasteiger partial charge in [0.2, 0.25) is 0 Å². The van der Waals surface area contributed by atoms with E-state index in [1.165, 1.54) is 17.2 Å². The first-order chi connectivity index (χ1) is 10.1. The van der Waals surface area contributed by atoms with Gasteiger partial charge in [-0.1, -0.05) is 43.3 Å². The van der Waals surface area contributed by atoms with Crippen LogP contribution in [0, 0.1) is 12.7 Å². The van der Waals surface area contributed by atoms with E-state index in [4.69, 9.17) is 5.73 Å². The number of hydrogen-bond acceptors (Lipinski definition) is 2. The average Bonchev–Trinajstić information content (AvgIpc) is 2.49. The summed E-state index contributed by atoms with van der Waals surface area (Å²) in [5.41, 5.74) is 9.83. The molecule has 2 atom stereocenters. The quantitative estimate of drug-likeness (QED) is 0.826. The SMILES string of the molecule is CCC(N)C(SCc1ccccc1C)c1cccc(F)c1. The van der Waals surface area contributed by atoms with Crippen LogP contribution in [0.4, 0.5) is 4.39 Å². The number of hydrogen-bond donors (Lipinski definition) is 1. The van der Waals surface area contributed by atoms with Gasteiger partial charge in [0.15, 0.2) is 0 Å². The summed E-state index contributed by atoms with van der Waals surface area (Å²) in [6, 6.07) is 15.2. The Hall–Kier alpha value is -1.32. The van der Waals surface area contributed by atoms with Crippen LogP contribution in [0.2, 0.25) is 0 Å². The van der Waals surface area contributed by atoms with Crippen LogP contribution in [0.25, 0.3) is 0 Å². The molecule has 0 aliphatic carbocycles. The van der Waals surface area contributed by atoms with E-state index in [2.05, 4.69) is 32.0 Å². The molecular weight excluding hydrogens is 281 g/mol. The van der Waals surface area contributed by atoms with E-state index in [1.54, 1.807) is 23.9 Å². The maximum absolute atomic E-state index is 13.5. The van der Waals surface area contributed by atoms with Gasteiger partial charge in [-0.3, -0.25) is 0 Å². The number of benzene rings is 2. The van der Waals surface area contributed by atoms with E-state index < -0.39 is 0 Å². The maximum atomic E-state index is 13.5. The van der Waals surface area contributed by atoms with Crippen molar-refractivity contribution in [3.05, 3.63) is 71.0 Å². The fraction of sp³-hybridized carbons (Fsp3) is 0.333. The van der Waals surface area contributed by atoms with Crippen LogP contribution in [0.15, 0.2) is 48.5 Å². The van der Waals surface area contributed by atoms with Crippen LogP contribution in [-0.4, -0.2) is 6.04 Å². The van der Waals surface area contributed by atoms with Crippen LogP contribution < -0.4 is 5.73 Å². The second-order valence-electron chi connectivity index (χ2n) is 5.29. The molecule has 0 fully saturated rings. The Morgan fingerprint density at radius 3 is 2.57 bits per heavy atom. The Labute approximate surface area is 130 Å². The standard InChI is InChI=1S/C18H22FNS/c1-3-17(20)18(14-9-6-10-16(19)11-14)21-12-15-8-5-4-7-13(15)2/h4-11,17-18H,3,12,20H2,1-2H3. The van der Waals surface area contributed by atoms with Crippen molar-refractivity contribution in [2.24, 2.45) is 5.73 Å². The molecule has 2 rings (SSSR count). The normalized spacial score (nSPS) is 13.9. The number of aryl methyl sites for hydroxylation is 1. The predicted molar refractivity (Wildman–Crippen MR) is 89.9 cm³/mol. The summed E-state index contributed by atoms with van der Waals surface area (Å²) in [5.74, 6) is 0.693. The van der Waals surface area contributed by atoms with Crippen molar-refractivity contribution in [3.63, 3.8) is 0 Å². The molecule has 1 nitrogen and oxygen atoms in total. The van der Waals surface area contributed by atoms with Gasteiger partial charge in [-0.05, 0) is 42.2 Å². The molecule has 0 heterocycles. The lowest BCUT2D eigenvalue weighted by atomic mass is 10.0. The monoisotopic (exact) mass is 303 g/mol. The van der Waals surface area contributed by atoms with Crippen molar-refractivity contribution < 1.29 is 4.39 Å². The highest BCUT2D eigenvalue weighted by atomic mass is 32.2. The maximum Gasteiger partial charge on any atom is 0.123 e. The molecular formula is C18H22FNS. The topological polar surface area (TPSA) is 26.0 Å². The summed E-state index contributed by atoms with van der Waals surface area (Å²) in [5, 5.41) is 0.116. The summed E-state index contributed by atoms with van der Waals surface area (Å²) in [4.78, 5) is 0. The molecule has 3 heteroatoms. The van der Waals surface area contributed by atoms with E-state index in [0.717, 1.165) is 17.7 Å². The molecule has 0 amide bonds. The molecule has 112 valence electrons. The lowest BCUT2D eigenvalue weighted by Gasteiger charge is -2.23. The summed E-state index contributed by atoms with van der Waals surface area (Å²) in [6.45, 7) is 4.19. The summed E-state index contributed by atoms with van der Waals surface area (Å²) < 4.78 is 13.5. The van der Waals surface area contributed by atoms with Crippen LogP contribution >= 0.6 is 11.8 Å². The van der Waals surface area contributed by atoms with Gasteiger partial charge in [0.1, 0.15) is 5.82 Å². The summed E-state index contributed by atoms with van der Waals surface area (Å²) >= 11 is 1.79. The third-order valence-corrected chi connectivity index (χ3v) is 5.18. The Morgan fingerprint density at radius 1 is 1.14 bits per heavy atom. The number of thioether (sulfide) groups is 1. The van der Waals surface area contributed by atoms with Crippen molar-refractivity contribution >= 4 is 11.8 Å². The van der Waals surface area contributed by atoms with Gasteiger partial charge < -0.3 is 5.73 Å². The van der Waals surface area contributed by atoms with Crippen molar-refractivity contribution in [2.45, 2.75) is 37.3 Å². The van der Waals surface area contributed by atoms with Gasteiger partial charge in [0.25, 0.3) is 0 Å². The molecule has 0 aliphatic rings. The first-order valence-electron chi connectivity index (χ1n) is 7.29. The molecule has 0 aromatic heterocycles. The number of nitrogens with two attached hydrogens (primary N) is 1. The highest BCUT2D eigenvalue weighted by Gasteiger charge is 2.19. The molecule has 2 aromatic rings. The van der Waals surface area contributed by atoms with Gasteiger partial charge in [0.05, 0.1) is 0 Å². The molecule has 0 saturated carbocycles. The van der Waals surface area contributed by atoms with Crippen LogP contribution in [0.3, 0.4) is 0 Å². The molecule has 0 saturated heterocycles. The van der Waals surface area contributed by atoms with Gasteiger partial charge in [-0.25, -0.2) is 4.39 Å². The zero-order chi connectivity index (χ0) is 15.2. The Balaban J connectivity index is 2.16.